The maximum absolute atomic E-state index is 5.82. The molecule has 2 aromatic carbocycles. The quantitative estimate of drug-likeness (QED) is 0.642. The van der Waals surface area contributed by atoms with Crippen molar-refractivity contribution in [2.24, 2.45) is 0 Å². The summed E-state index contributed by atoms with van der Waals surface area (Å²) in [5.74, 6) is 0.930. The van der Waals surface area contributed by atoms with Gasteiger partial charge in [0.1, 0.15) is 12.4 Å². The van der Waals surface area contributed by atoms with Crippen molar-refractivity contribution in [3.05, 3.63) is 64.5 Å². The average molecular weight is 268 g/mol. The Labute approximate surface area is 117 Å². The molecule has 0 saturated heterocycles. The van der Waals surface area contributed by atoms with Gasteiger partial charge in [-0.2, -0.15) is 0 Å². The second-order valence-electron chi connectivity index (χ2n) is 4.86. The zero-order chi connectivity index (χ0) is 13.2. The molecule has 0 aliphatic rings. The molecular weight excluding hydrogens is 252 g/mol. The van der Waals surface area contributed by atoms with Crippen LogP contribution in [-0.4, -0.2) is 0 Å². The van der Waals surface area contributed by atoms with Gasteiger partial charge in [-0.1, -0.05) is 35.4 Å². The molecule has 0 atom stereocenters. The maximum Gasteiger partial charge on any atom is 0.122 e. The van der Waals surface area contributed by atoms with Gasteiger partial charge in [-0.15, -0.1) is 11.3 Å². The van der Waals surface area contributed by atoms with Gasteiger partial charge in [-0.3, -0.25) is 0 Å². The summed E-state index contributed by atoms with van der Waals surface area (Å²) in [5.41, 5.74) is 2.56. The third-order valence-electron chi connectivity index (χ3n) is 3.12. The lowest BCUT2D eigenvalue weighted by Gasteiger charge is -2.04. The second kappa shape index (κ2) is 5.06. The van der Waals surface area contributed by atoms with Gasteiger partial charge in [-0.25, -0.2) is 0 Å². The van der Waals surface area contributed by atoms with E-state index >= 15 is 0 Å². The zero-order valence-electron chi connectivity index (χ0n) is 11.1. The minimum Gasteiger partial charge on any atom is -0.488 e. The topological polar surface area (TPSA) is 9.23 Å². The van der Waals surface area contributed by atoms with Gasteiger partial charge >= 0.3 is 0 Å². The average Bonchev–Trinajstić information content (AvgIpc) is 2.80. The third kappa shape index (κ3) is 2.79. The fourth-order valence-electron chi connectivity index (χ4n) is 2.08. The molecule has 96 valence electrons. The van der Waals surface area contributed by atoms with E-state index in [2.05, 4.69) is 50.2 Å². The third-order valence-corrected chi connectivity index (χ3v) is 4.21. The van der Waals surface area contributed by atoms with Crippen molar-refractivity contribution in [1.82, 2.24) is 0 Å². The molecule has 1 nitrogen and oxygen atoms in total. The summed E-state index contributed by atoms with van der Waals surface area (Å²) >= 11 is 1.80. The van der Waals surface area contributed by atoms with Crippen molar-refractivity contribution in [2.45, 2.75) is 20.5 Å². The summed E-state index contributed by atoms with van der Waals surface area (Å²) in [7, 11) is 0. The number of ether oxygens (including phenoxy) is 1. The minimum absolute atomic E-state index is 0.640. The van der Waals surface area contributed by atoms with Crippen LogP contribution < -0.4 is 4.74 Å². The fraction of sp³-hybridized carbons (Fsp3) is 0.176. The first kappa shape index (κ1) is 12.2. The lowest BCUT2D eigenvalue weighted by Crippen LogP contribution is -1.92. The summed E-state index contributed by atoms with van der Waals surface area (Å²) in [4.78, 5) is 1.26. The standard InChI is InChI=1S/C17H16OS/c1-12-3-6-15(7-4-12)18-11-16-10-14-9-13(2)5-8-17(14)19-16/h3-10H,11H2,1-2H3. The maximum atomic E-state index is 5.82. The highest BCUT2D eigenvalue weighted by Gasteiger charge is 2.03. The van der Waals surface area contributed by atoms with Crippen LogP contribution in [0.15, 0.2) is 48.5 Å². The van der Waals surface area contributed by atoms with Gasteiger partial charge in [-0.05, 0) is 43.5 Å². The number of aryl methyl sites for hydroxylation is 2. The van der Waals surface area contributed by atoms with Crippen LogP contribution in [0.1, 0.15) is 16.0 Å². The van der Waals surface area contributed by atoms with Crippen LogP contribution in [0.2, 0.25) is 0 Å². The minimum atomic E-state index is 0.640. The van der Waals surface area contributed by atoms with Crippen molar-refractivity contribution in [3.8, 4) is 5.75 Å². The molecule has 0 aliphatic carbocycles. The van der Waals surface area contributed by atoms with Gasteiger partial charge in [0.15, 0.2) is 0 Å². The molecule has 0 unspecified atom stereocenters. The molecular formula is C17H16OS. The SMILES string of the molecule is Cc1ccc(OCc2cc3cc(C)ccc3s2)cc1. The Morgan fingerprint density at radius 1 is 0.895 bits per heavy atom. The van der Waals surface area contributed by atoms with Crippen molar-refractivity contribution < 1.29 is 4.74 Å². The highest BCUT2D eigenvalue weighted by Crippen LogP contribution is 2.27. The predicted octanol–water partition coefficient (Wildman–Crippen LogP) is 5.10. The Morgan fingerprint density at radius 3 is 2.42 bits per heavy atom. The fourth-order valence-corrected chi connectivity index (χ4v) is 3.04. The van der Waals surface area contributed by atoms with Crippen LogP contribution in [0.25, 0.3) is 10.1 Å². The number of rotatable bonds is 3. The summed E-state index contributed by atoms with van der Waals surface area (Å²) < 4.78 is 7.14. The van der Waals surface area contributed by atoms with E-state index in [1.54, 1.807) is 11.3 Å². The van der Waals surface area contributed by atoms with Gasteiger partial charge < -0.3 is 4.74 Å². The molecule has 0 saturated carbocycles. The van der Waals surface area contributed by atoms with Gasteiger partial charge in [0, 0.05) is 9.58 Å². The van der Waals surface area contributed by atoms with Gasteiger partial charge in [0.05, 0.1) is 0 Å². The van der Waals surface area contributed by atoms with Crippen molar-refractivity contribution in [3.63, 3.8) is 0 Å². The van der Waals surface area contributed by atoms with Crippen molar-refractivity contribution >= 4 is 21.4 Å². The lowest BCUT2D eigenvalue weighted by molar-refractivity contribution is 0.310. The second-order valence-corrected chi connectivity index (χ2v) is 6.02. The van der Waals surface area contributed by atoms with Gasteiger partial charge in [0.25, 0.3) is 0 Å². The molecule has 1 heterocycles. The van der Waals surface area contributed by atoms with E-state index < -0.39 is 0 Å². The van der Waals surface area contributed by atoms with Crippen LogP contribution in [0.5, 0.6) is 5.75 Å². The normalized spacial score (nSPS) is 10.8. The number of hydrogen-bond donors (Lipinski definition) is 0. The molecule has 0 amide bonds. The number of fused-ring (bicyclic) bond motifs is 1. The van der Waals surface area contributed by atoms with Crippen molar-refractivity contribution in [2.75, 3.05) is 0 Å². The highest BCUT2D eigenvalue weighted by atomic mass is 32.1. The molecule has 0 bridgehead atoms. The summed E-state index contributed by atoms with van der Waals surface area (Å²) in [6.45, 7) is 4.85. The molecule has 0 spiro atoms. The Morgan fingerprint density at radius 2 is 1.63 bits per heavy atom. The monoisotopic (exact) mass is 268 g/mol. The van der Waals surface area contributed by atoms with Crippen LogP contribution in [-0.2, 0) is 6.61 Å². The molecule has 19 heavy (non-hydrogen) atoms. The van der Waals surface area contributed by atoms with E-state index in [0.29, 0.717) is 6.61 Å². The molecule has 1 aromatic heterocycles. The van der Waals surface area contributed by atoms with Crippen molar-refractivity contribution in [1.29, 1.82) is 0 Å². The van der Waals surface area contributed by atoms with Gasteiger partial charge in [0.2, 0.25) is 0 Å². The van der Waals surface area contributed by atoms with E-state index in [0.717, 1.165) is 5.75 Å². The molecule has 3 rings (SSSR count). The van der Waals surface area contributed by atoms with E-state index in [1.165, 1.54) is 26.1 Å². The Balaban J connectivity index is 1.76. The van der Waals surface area contributed by atoms with E-state index in [1.807, 2.05) is 12.1 Å². The Kier molecular flexibility index (Phi) is 3.26. The predicted molar refractivity (Wildman–Crippen MR) is 82.1 cm³/mol. The van der Waals surface area contributed by atoms with Crippen LogP contribution in [0, 0.1) is 13.8 Å². The largest absolute Gasteiger partial charge is 0.488 e. The van der Waals surface area contributed by atoms with Crippen LogP contribution in [0.3, 0.4) is 0 Å². The Bertz CT molecular complexity index is 695. The first-order chi connectivity index (χ1) is 9.20. The first-order valence-electron chi connectivity index (χ1n) is 6.39. The first-order valence-corrected chi connectivity index (χ1v) is 7.21. The van der Waals surface area contributed by atoms with Crippen LogP contribution >= 0.6 is 11.3 Å². The molecule has 2 heteroatoms. The van der Waals surface area contributed by atoms with E-state index in [4.69, 9.17) is 4.74 Å². The smallest absolute Gasteiger partial charge is 0.122 e. The molecule has 0 radical (unpaired) electrons. The molecule has 0 aliphatic heterocycles. The molecule has 0 N–H and O–H groups in total. The number of hydrogen-bond acceptors (Lipinski definition) is 2. The molecule has 0 fully saturated rings. The lowest BCUT2D eigenvalue weighted by atomic mass is 10.2. The molecule has 3 aromatic rings. The summed E-state index contributed by atoms with van der Waals surface area (Å²) in [6.07, 6.45) is 0. The van der Waals surface area contributed by atoms with E-state index in [-0.39, 0.29) is 0 Å². The zero-order valence-corrected chi connectivity index (χ0v) is 12.0. The number of benzene rings is 2. The summed E-state index contributed by atoms with van der Waals surface area (Å²) in [5, 5.41) is 1.31. The van der Waals surface area contributed by atoms with Crippen LogP contribution in [0.4, 0.5) is 0 Å². The Hall–Kier alpha value is -1.80. The van der Waals surface area contributed by atoms with E-state index in [9.17, 15) is 0 Å². The summed E-state index contributed by atoms with van der Waals surface area (Å²) in [6, 6.07) is 17.0. The number of thiophene rings is 1. The highest BCUT2D eigenvalue weighted by molar-refractivity contribution is 7.19.